The maximum Gasteiger partial charge on any atom is 0.416 e. The molecular formula is C37H50FN3O6S. The average molecular weight is 684 g/mol. The Balaban J connectivity index is 2.01. The largest absolute Gasteiger partial charge is 0.459 e. The molecule has 0 radical (unpaired) electrons. The fraction of sp³-hybridized carbons (Fsp3) is 0.486. The van der Waals surface area contributed by atoms with Crippen LogP contribution in [0.25, 0.3) is 0 Å². The molecule has 0 unspecified atom stereocenters. The van der Waals surface area contributed by atoms with E-state index >= 15 is 0 Å². The SMILES string of the molecule is CCCCC(C)(C)c1ccc(CN(Cc2cccc(N(CC(=O)OC(C)(C)C)C(=O)OC(C)(C)C)n2)S(=O)(=O)c2cccc(F)c2)cc1. The number of sulfonamides is 1. The Labute approximate surface area is 285 Å². The third-order valence-electron chi connectivity index (χ3n) is 7.41. The molecule has 48 heavy (non-hydrogen) atoms. The van der Waals surface area contributed by atoms with Crippen molar-refractivity contribution < 1.29 is 31.9 Å². The minimum absolute atomic E-state index is 0.0197. The highest BCUT2D eigenvalue weighted by Crippen LogP contribution is 2.30. The van der Waals surface area contributed by atoms with Crippen LogP contribution in [0.2, 0.25) is 0 Å². The predicted molar refractivity (Wildman–Crippen MR) is 185 cm³/mol. The van der Waals surface area contributed by atoms with E-state index in [2.05, 4.69) is 25.8 Å². The van der Waals surface area contributed by atoms with Gasteiger partial charge in [-0.1, -0.05) is 70.0 Å². The first-order valence-corrected chi connectivity index (χ1v) is 17.7. The average Bonchev–Trinajstić information content (AvgIpc) is 2.97. The number of rotatable bonds is 13. The molecule has 0 N–H and O–H groups in total. The number of hydrogen-bond donors (Lipinski definition) is 0. The zero-order valence-electron chi connectivity index (χ0n) is 29.7. The van der Waals surface area contributed by atoms with E-state index in [0.717, 1.165) is 41.4 Å². The minimum atomic E-state index is -4.21. The number of pyridine rings is 1. The van der Waals surface area contributed by atoms with Gasteiger partial charge in [0.05, 0.1) is 17.1 Å². The summed E-state index contributed by atoms with van der Waals surface area (Å²) >= 11 is 0. The number of unbranched alkanes of at least 4 members (excludes halogenated alkanes) is 1. The monoisotopic (exact) mass is 683 g/mol. The lowest BCUT2D eigenvalue weighted by atomic mass is 9.80. The van der Waals surface area contributed by atoms with E-state index in [1.165, 1.54) is 28.6 Å². The highest BCUT2D eigenvalue weighted by molar-refractivity contribution is 7.89. The highest BCUT2D eigenvalue weighted by Gasteiger charge is 2.30. The summed E-state index contributed by atoms with van der Waals surface area (Å²) < 4.78 is 54.4. The molecule has 0 aliphatic carbocycles. The van der Waals surface area contributed by atoms with Crippen molar-refractivity contribution in [1.29, 1.82) is 0 Å². The Morgan fingerprint density at radius 3 is 2.04 bits per heavy atom. The van der Waals surface area contributed by atoms with Gasteiger partial charge in [0.25, 0.3) is 0 Å². The fourth-order valence-corrected chi connectivity index (χ4v) is 6.41. The summed E-state index contributed by atoms with van der Waals surface area (Å²) in [5, 5.41) is 0. The van der Waals surface area contributed by atoms with Crippen LogP contribution >= 0.6 is 0 Å². The fourth-order valence-electron chi connectivity index (χ4n) is 4.98. The summed E-state index contributed by atoms with van der Waals surface area (Å²) in [5.41, 5.74) is 0.495. The molecule has 0 spiro atoms. The van der Waals surface area contributed by atoms with Gasteiger partial charge in [0, 0.05) is 6.54 Å². The van der Waals surface area contributed by atoms with E-state index in [9.17, 15) is 22.4 Å². The smallest absolute Gasteiger partial charge is 0.416 e. The Bertz CT molecular complexity index is 1660. The van der Waals surface area contributed by atoms with Gasteiger partial charge in [-0.3, -0.25) is 9.69 Å². The lowest BCUT2D eigenvalue weighted by molar-refractivity contribution is -0.153. The Kier molecular flexibility index (Phi) is 12.5. The van der Waals surface area contributed by atoms with Crippen LogP contribution in [-0.2, 0) is 42.8 Å². The number of amides is 1. The van der Waals surface area contributed by atoms with Crippen molar-refractivity contribution in [2.45, 2.75) is 116 Å². The van der Waals surface area contributed by atoms with E-state index < -0.39 is 45.6 Å². The van der Waals surface area contributed by atoms with Gasteiger partial charge < -0.3 is 9.47 Å². The summed E-state index contributed by atoms with van der Waals surface area (Å²) in [7, 11) is -4.21. The molecule has 11 heteroatoms. The van der Waals surface area contributed by atoms with Crippen LogP contribution in [-0.4, -0.2) is 47.5 Å². The second-order valence-electron chi connectivity index (χ2n) is 14.6. The third kappa shape index (κ3) is 11.4. The molecule has 0 fully saturated rings. The van der Waals surface area contributed by atoms with Crippen LogP contribution in [0.5, 0.6) is 0 Å². The van der Waals surface area contributed by atoms with Crippen LogP contribution < -0.4 is 4.90 Å². The summed E-state index contributed by atoms with van der Waals surface area (Å²) in [6, 6.07) is 17.5. The first kappa shape index (κ1) is 38.6. The number of hydrogen-bond acceptors (Lipinski definition) is 7. The highest BCUT2D eigenvalue weighted by atomic mass is 32.2. The van der Waals surface area contributed by atoms with E-state index in [1.807, 2.05) is 24.3 Å². The molecule has 2 aromatic carbocycles. The molecule has 3 rings (SSSR count). The van der Waals surface area contributed by atoms with Crippen LogP contribution in [0.4, 0.5) is 15.0 Å². The van der Waals surface area contributed by atoms with Gasteiger partial charge in [-0.05, 0) is 94.8 Å². The van der Waals surface area contributed by atoms with Crippen LogP contribution in [0, 0.1) is 5.82 Å². The van der Waals surface area contributed by atoms with Crippen molar-refractivity contribution in [3.63, 3.8) is 0 Å². The van der Waals surface area contributed by atoms with Gasteiger partial charge in [0.15, 0.2) is 0 Å². The van der Waals surface area contributed by atoms with Gasteiger partial charge in [0.1, 0.15) is 29.4 Å². The summed E-state index contributed by atoms with van der Waals surface area (Å²) in [6.45, 7) is 16.1. The number of benzene rings is 2. The number of aromatic nitrogens is 1. The molecule has 1 aromatic heterocycles. The van der Waals surface area contributed by atoms with Crippen molar-refractivity contribution in [1.82, 2.24) is 9.29 Å². The lowest BCUT2D eigenvalue weighted by Gasteiger charge is -2.28. The zero-order valence-corrected chi connectivity index (χ0v) is 30.5. The number of nitrogens with zero attached hydrogens (tertiary/aromatic N) is 3. The van der Waals surface area contributed by atoms with Crippen molar-refractivity contribution in [2.24, 2.45) is 0 Å². The maximum absolute atomic E-state index is 14.2. The Morgan fingerprint density at radius 2 is 1.46 bits per heavy atom. The van der Waals surface area contributed by atoms with Gasteiger partial charge in [-0.15, -0.1) is 0 Å². The molecule has 3 aromatic rings. The van der Waals surface area contributed by atoms with Crippen molar-refractivity contribution in [2.75, 3.05) is 11.4 Å². The molecular weight excluding hydrogens is 633 g/mol. The number of esters is 1. The van der Waals surface area contributed by atoms with Gasteiger partial charge in [-0.25, -0.2) is 22.6 Å². The Morgan fingerprint density at radius 1 is 0.833 bits per heavy atom. The van der Waals surface area contributed by atoms with Crippen LogP contribution in [0.15, 0.2) is 71.6 Å². The molecule has 262 valence electrons. The van der Waals surface area contributed by atoms with Crippen LogP contribution in [0.3, 0.4) is 0 Å². The number of anilines is 1. The maximum atomic E-state index is 14.2. The summed E-state index contributed by atoms with van der Waals surface area (Å²) in [6.07, 6.45) is 2.41. The number of halogens is 1. The van der Waals surface area contributed by atoms with E-state index in [1.54, 1.807) is 53.7 Å². The molecule has 0 aliphatic rings. The standard InChI is InChI=1S/C37H50FN3O6S/c1-10-11-22-37(8,9)28-20-18-27(19-21-28)24-40(48(44,45)31-16-12-14-29(38)23-31)25-30-15-13-17-32(39-30)41(34(43)47-36(5,6)7)26-33(42)46-35(2,3)4/h12-21,23H,10-11,22,24-26H2,1-9H3. The summed E-state index contributed by atoms with van der Waals surface area (Å²) in [5.74, 6) is -1.27. The molecule has 1 heterocycles. The minimum Gasteiger partial charge on any atom is -0.459 e. The molecule has 0 saturated heterocycles. The molecule has 0 bridgehead atoms. The van der Waals surface area contributed by atoms with Crippen molar-refractivity contribution >= 4 is 27.9 Å². The van der Waals surface area contributed by atoms with Crippen molar-refractivity contribution in [3.05, 3.63) is 89.4 Å². The number of carbonyl (C=O) groups is 2. The summed E-state index contributed by atoms with van der Waals surface area (Å²) in [4.78, 5) is 31.6. The molecule has 9 nitrogen and oxygen atoms in total. The zero-order chi connectivity index (χ0) is 35.9. The molecule has 0 saturated carbocycles. The van der Waals surface area contributed by atoms with E-state index in [-0.39, 0.29) is 29.2 Å². The molecule has 0 aliphatic heterocycles. The van der Waals surface area contributed by atoms with E-state index in [4.69, 9.17) is 9.47 Å². The van der Waals surface area contributed by atoms with Gasteiger partial charge >= 0.3 is 12.1 Å². The first-order valence-electron chi connectivity index (χ1n) is 16.2. The molecule has 0 atom stereocenters. The second kappa shape index (κ2) is 15.6. The topological polar surface area (TPSA) is 106 Å². The number of carbonyl (C=O) groups excluding carboxylic acids is 2. The predicted octanol–water partition coefficient (Wildman–Crippen LogP) is 8.16. The van der Waals surface area contributed by atoms with Crippen LogP contribution in [0.1, 0.15) is 98.4 Å². The van der Waals surface area contributed by atoms with Gasteiger partial charge in [0.2, 0.25) is 10.0 Å². The normalized spacial score (nSPS) is 12.6. The first-order chi connectivity index (χ1) is 22.2. The third-order valence-corrected chi connectivity index (χ3v) is 9.20. The molecule has 1 amide bonds. The lowest BCUT2D eigenvalue weighted by Crippen LogP contribution is -2.42. The van der Waals surface area contributed by atoms with Gasteiger partial charge in [-0.2, -0.15) is 4.31 Å². The van der Waals surface area contributed by atoms with Crippen molar-refractivity contribution in [3.8, 4) is 0 Å². The quantitative estimate of drug-likeness (QED) is 0.167. The number of ether oxygens (including phenoxy) is 2. The Hall–Kier alpha value is -3.83. The van der Waals surface area contributed by atoms with E-state index in [0.29, 0.717) is 5.69 Å². The second-order valence-corrected chi connectivity index (χ2v) is 16.5.